The summed E-state index contributed by atoms with van der Waals surface area (Å²) in [5.41, 5.74) is 1.82. The highest BCUT2D eigenvalue weighted by Crippen LogP contribution is 2.35. The summed E-state index contributed by atoms with van der Waals surface area (Å²) < 4.78 is 28.0. The fourth-order valence-electron chi connectivity index (χ4n) is 4.80. The molecule has 2 aliphatic heterocycles. The van der Waals surface area contributed by atoms with Crippen LogP contribution < -0.4 is 19.8 Å². The number of aryl methyl sites for hydroxylation is 1. The highest BCUT2D eigenvalue weighted by atomic mass is 32.2. The Kier molecular flexibility index (Phi) is 7.43. The smallest absolute Gasteiger partial charge is 0.313 e. The van der Waals surface area contributed by atoms with Crippen LogP contribution in [0.3, 0.4) is 0 Å². The summed E-state index contributed by atoms with van der Waals surface area (Å²) in [7, 11) is -3.68. The lowest BCUT2D eigenvalue weighted by Crippen LogP contribution is -2.42. The van der Waals surface area contributed by atoms with E-state index in [1.807, 2.05) is 24.3 Å². The van der Waals surface area contributed by atoms with Crippen LogP contribution in [-0.2, 0) is 26.0 Å². The van der Waals surface area contributed by atoms with Gasteiger partial charge in [0.1, 0.15) is 10.0 Å². The van der Waals surface area contributed by atoms with E-state index in [-0.39, 0.29) is 10.1 Å². The Morgan fingerprint density at radius 2 is 1.86 bits per heavy atom. The summed E-state index contributed by atoms with van der Waals surface area (Å²) in [6.07, 6.45) is 5.05. The molecule has 3 aromatic rings. The summed E-state index contributed by atoms with van der Waals surface area (Å²) in [5.74, 6) is -0.227. The third kappa shape index (κ3) is 5.62. The van der Waals surface area contributed by atoms with E-state index in [9.17, 15) is 18.0 Å². The van der Waals surface area contributed by atoms with E-state index in [1.165, 1.54) is 15.6 Å². The van der Waals surface area contributed by atoms with Crippen LogP contribution in [0.2, 0.25) is 0 Å². The molecular formula is C26H29N5O4S2. The molecule has 5 rings (SSSR count). The Balaban J connectivity index is 1.17. The van der Waals surface area contributed by atoms with Gasteiger partial charge in [0.05, 0.1) is 5.69 Å². The first-order valence-corrected chi connectivity index (χ1v) is 14.7. The molecule has 11 heteroatoms. The monoisotopic (exact) mass is 539 g/mol. The number of thiophene rings is 1. The SMILES string of the molecule is O=C(NCC1CCN(c2ccccn2)CC1)C(=O)Nc1ccc2c(c1)N(S(=O)(=O)c1cccs1)CCC2. The molecule has 4 heterocycles. The number of sulfonamides is 1. The third-order valence-electron chi connectivity index (χ3n) is 6.80. The summed E-state index contributed by atoms with van der Waals surface area (Å²) in [6, 6.07) is 14.3. The molecule has 1 saturated heterocycles. The zero-order valence-electron chi connectivity index (χ0n) is 20.3. The van der Waals surface area contributed by atoms with Crippen molar-refractivity contribution >= 4 is 50.4 Å². The Labute approximate surface area is 220 Å². The molecule has 194 valence electrons. The van der Waals surface area contributed by atoms with Gasteiger partial charge < -0.3 is 15.5 Å². The fraction of sp³-hybridized carbons (Fsp3) is 0.346. The molecule has 2 amide bonds. The van der Waals surface area contributed by atoms with Gasteiger partial charge in [-0.3, -0.25) is 13.9 Å². The fourth-order valence-corrected chi connectivity index (χ4v) is 7.44. The predicted octanol–water partition coefficient (Wildman–Crippen LogP) is 3.26. The molecule has 0 unspecified atom stereocenters. The van der Waals surface area contributed by atoms with Crippen LogP contribution >= 0.6 is 11.3 Å². The maximum absolute atomic E-state index is 13.2. The lowest BCUT2D eigenvalue weighted by Gasteiger charge is -2.32. The quantitative estimate of drug-likeness (QED) is 0.465. The van der Waals surface area contributed by atoms with Crippen molar-refractivity contribution in [3.63, 3.8) is 0 Å². The van der Waals surface area contributed by atoms with E-state index >= 15 is 0 Å². The van der Waals surface area contributed by atoms with Gasteiger partial charge in [-0.2, -0.15) is 0 Å². The lowest BCUT2D eigenvalue weighted by molar-refractivity contribution is -0.136. The second kappa shape index (κ2) is 10.9. The standard InChI is InChI=1S/C26H29N5O4S2/c32-25(28-18-19-10-14-30(15-11-19)23-6-1-2-12-27-23)26(33)29-21-9-8-20-5-3-13-31(22(20)17-21)37(34,35)24-7-4-16-36-24/h1-2,4,6-9,12,16-17,19H,3,5,10-11,13-15,18H2,(H,28,32)(H,29,33). The maximum Gasteiger partial charge on any atom is 0.313 e. The van der Waals surface area contributed by atoms with Crippen LogP contribution in [-0.4, -0.2) is 51.4 Å². The van der Waals surface area contributed by atoms with Gasteiger partial charge in [-0.05, 0) is 72.9 Å². The summed E-state index contributed by atoms with van der Waals surface area (Å²) in [4.78, 5) is 31.7. The molecule has 0 radical (unpaired) electrons. The molecule has 9 nitrogen and oxygen atoms in total. The number of benzene rings is 1. The van der Waals surface area contributed by atoms with E-state index in [0.717, 1.165) is 43.7 Å². The second-order valence-electron chi connectivity index (χ2n) is 9.24. The number of aromatic nitrogens is 1. The Morgan fingerprint density at radius 3 is 2.59 bits per heavy atom. The highest BCUT2D eigenvalue weighted by molar-refractivity contribution is 7.94. The minimum absolute atomic E-state index is 0.278. The van der Waals surface area contributed by atoms with Gasteiger partial charge in [-0.15, -0.1) is 11.3 Å². The van der Waals surface area contributed by atoms with E-state index < -0.39 is 21.8 Å². The Hall–Kier alpha value is -3.44. The van der Waals surface area contributed by atoms with Gasteiger partial charge in [0.15, 0.2) is 0 Å². The number of anilines is 3. The minimum Gasteiger partial charge on any atom is -0.357 e. The molecule has 0 aliphatic carbocycles. The molecule has 37 heavy (non-hydrogen) atoms. The number of amides is 2. The Morgan fingerprint density at radius 1 is 1.03 bits per heavy atom. The van der Waals surface area contributed by atoms with Crippen LogP contribution in [0.15, 0.2) is 64.3 Å². The van der Waals surface area contributed by atoms with Crippen molar-refractivity contribution in [2.75, 3.05) is 40.7 Å². The Bertz CT molecular complexity index is 1350. The number of pyridine rings is 1. The van der Waals surface area contributed by atoms with Crippen LogP contribution in [0.1, 0.15) is 24.8 Å². The predicted molar refractivity (Wildman–Crippen MR) is 144 cm³/mol. The van der Waals surface area contributed by atoms with Crippen molar-refractivity contribution in [1.82, 2.24) is 10.3 Å². The van der Waals surface area contributed by atoms with Crippen molar-refractivity contribution in [1.29, 1.82) is 0 Å². The summed E-state index contributed by atoms with van der Waals surface area (Å²) >= 11 is 1.17. The number of fused-ring (bicyclic) bond motifs is 1. The van der Waals surface area contributed by atoms with E-state index in [0.29, 0.717) is 30.9 Å². The molecule has 2 N–H and O–H groups in total. The molecule has 1 fully saturated rings. The van der Waals surface area contributed by atoms with Crippen LogP contribution in [0.4, 0.5) is 17.2 Å². The van der Waals surface area contributed by atoms with Crippen molar-refractivity contribution in [3.05, 3.63) is 65.7 Å². The zero-order valence-corrected chi connectivity index (χ0v) is 21.9. The average Bonchev–Trinajstić information content (AvgIpc) is 3.48. The number of hydrogen-bond donors (Lipinski definition) is 2. The highest BCUT2D eigenvalue weighted by Gasteiger charge is 2.30. The van der Waals surface area contributed by atoms with Crippen LogP contribution in [0.5, 0.6) is 0 Å². The molecule has 0 saturated carbocycles. The molecule has 1 aromatic carbocycles. The number of piperidine rings is 1. The topological polar surface area (TPSA) is 112 Å². The van der Waals surface area contributed by atoms with E-state index in [2.05, 4.69) is 20.5 Å². The van der Waals surface area contributed by atoms with E-state index in [1.54, 1.807) is 35.8 Å². The molecule has 0 bridgehead atoms. The van der Waals surface area contributed by atoms with Gasteiger partial charge in [-0.25, -0.2) is 13.4 Å². The number of rotatable bonds is 6. The first kappa shape index (κ1) is 25.2. The van der Waals surface area contributed by atoms with Crippen molar-refractivity contribution < 1.29 is 18.0 Å². The van der Waals surface area contributed by atoms with E-state index in [4.69, 9.17) is 0 Å². The first-order chi connectivity index (χ1) is 17.9. The third-order valence-corrected chi connectivity index (χ3v) is 9.99. The van der Waals surface area contributed by atoms with Crippen molar-refractivity contribution in [3.8, 4) is 0 Å². The number of carbonyl (C=O) groups is 2. The number of carbonyl (C=O) groups excluding carboxylic acids is 2. The van der Waals surface area contributed by atoms with Gasteiger partial charge >= 0.3 is 11.8 Å². The second-order valence-corrected chi connectivity index (χ2v) is 12.3. The summed E-state index contributed by atoms with van der Waals surface area (Å²) in [5, 5.41) is 7.11. The molecule has 2 aliphatic rings. The molecule has 0 atom stereocenters. The van der Waals surface area contributed by atoms with Crippen LogP contribution in [0.25, 0.3) is 0 Å². The first-order valence-electron chi connectivity index (χ1n) is 12.4. The van der Waals surface area contributed by atoms with Gasteiger partial charge in [0.2, 0.25) is 0 Å². The molecule has 0 spiro atoms. The van der Waals surface area contributed by atoms with Crippen LogP contribution in [0, 0.1) is 5.92 Å². The number of nitrogens with one attached hydrogen (secondary N) is 2. The van der Waals surface area contributed by atoms with Gasteiger partial charge in [0.25, 0.3) is 10.0 Å². The lowest BCUT2D eigenvalue weighted by atomic mass is 9.97. The van der Waals surface area contributed by atoms with Gasteiger partial charge in [-0.1, -0.05) is 18.2 Å². The number of nitrogens with zero attached hydrogens (tertiary/aromatic N) is 3. The molecular weight excluding hydrogens is 510 g/mol. The summed E-state index contributed by atoms with van der Waals surface area (Å²) in [6.45, 7) is 2.50. The van der Waals surface area contributed by atoms with Crippen molar-refractivity contribution in [2.45, 2.75) is 29.9 Å². The normalized spacial score (nSPS) is 16.2. The average molecular weight is 540 g/mol. The zero-order chi connectivity index (χ0) is 25.8. The number of hydrogen-bond acceptors (Lipinski definition) is 7. The minimum atomic E-state index is -3.68. The van der Waals surface area contributed by atoms with Gasteiger partial charge in [0, 0.05) is 38.1 Å². The molecule has 2 aromatic heterocycles. The van der Waals surface area contributed by atoms with Crippen molar-refractivity contribution in [2.24, 2.45) is 5.92 Å². The largest absolute Gasteiger partial charge is 0.357 e. The maximum atomic E-state index is 13.2.